The highest BCUT2D eigenvalue weighted by atomic mass is 32.1. The van der Waals surface area contributed by atoms with E-state index in [1.807, 2.05) is 25.1 Å². The Labute approximate surface area is 85.3 Å². The summed E-state index contributed by atoms with van der Waals surface area (Å²) in [6, 6.07) is 6.00. The van der Waals surface area contributed by atoms with Crippen LogP contribution in [0.25, 0.3) is 10.1 Å². The van der Waals surface area contributed by atoms with Crippen molar-refractivity contribution in [2.45, 2.75) is 13.5 Å². The lowest BCUT2D eigenvalue weighted by molar-refractivity contribution is 0.563. The molecule has 0 radical (unpaired) electrons. The molecule has 2 aromatic rings. The van der Waals surface area contributed by atoms with Crippen LogP contribution in [0.5, 0.6) is 0 Å². The number of hydrogen-bond acceptors (Lipinski definition) is 4. The van der Waals surface area contributed by atoms with E-state index in [9.17, 15) is 4.79 Å². The van der Waals surface area contributed by atoms with Gasteiger partial charge in [0.05, 0.1) is 16.9 Å². The first-order chi connectivity index (χ1) is 6.81. The molecule has 14 heavy (non-hydrogen) atoms. The first-order valence-corrected chi connectivity index (χ1v) is 4.97. The smallest absolute Gasteiger partial charge is 0.211 e. The number of benzene rings is 1. The van der Waals surface area contributed by atoms with Gasteiger partial charge < -0.3 is 0 Å². The maximum absolute atomic E-state index is 9.94. The normalized spacial score (nSPS) is 10.1. The van der Waals surface area contributed by atoms with Gasteiger partial charge in [0.1, 0.15) is 0 Å². The number of nitrogens with zero attached hydrogens (tertiary/aromatic N) is 2. The van der Waals surface area contributed by atoms with Crippen molar-refractivity contribution in [1.82, 2.24) is 4.37 Å². The summed E-state index contributed by atoms with van der Waals surface area (Å²) in [4.78, 5) is 13.5. The van der Waals surface area contributed by atoms with Crippen molar-refractivity contribution < 1.29 is 4.79 Å². The van der Waals surface area contributed by atoms with Crippen LogP contribution in [0.15, 0.2) is 23.2 Å². The lowest BCUT2D eigenvalue weighted by Crippen LogP contribution is -1.79. The highest BCUT2D eigenvalue weighted by molar-refractivity contribution is 7.13. The van der Waals surface area contributed by atoms with E-state index in [2.05, 4.69) is 9.37 Å². The van der Waals surface area contributed by atoms with Gasteiger partial charge in [0.15, 0.2) is 0 Å². The summed E-state index contributed by atoms with van der Waals surface area (Å²) in [6.07, 6.45) is 1.53. The number of hydrogen-bond donors (Lipinski definition) is 0. The SMILES string of the molecule is Cc1nsc2cc(CN=C=O)ccc12. The molecule has 0 atom stereocenters. The van der Waals surface area contributed by atoms with E-state index in [0.717, 1.165) is 16.0 Å². The molecule has 2 rings (SSSR count). The number of rotatable bonds is 2. The van der Waals surface area contributed by atoms with Crippen LogP contribution in [-0.2, 0) is 11.3 Å². The zero-order valence-corrected chi connectivity index (χ0v) is 8.47. The van der Waals surface area contributed by atoms with Crippen molar-refractivity contribution in [1.29, 1.82) is 0 Å². The fourth-order valence-corrected chi connectivity index (χ4v) is 2.18. The number of isocyanates is 1. The summed E-state index contributed by atoms with van der Waals surface area (Å²) in [7, 11) is 0. The van der Waals surface area contributed by atoms with Crippen LogP contribution >= 0.6 is 11.5 Å². The van der Waals surface area contributed by atoms with Crippen LogP contribution in [0.1, 0.15) is 11.3 Å². The molecule has 3 nitrogen and oxygen atoms in total. The molecular weight excluding hydrogens is 196 g/mol. The predicted molar refractivity (Wildman–Crippen MR) is 56.2 cm³/mol. The largest absolute Gasteiger partial charge is 0.235 e. The van der Waals surface area contributed by atoms with Crippen LogP contribution in [0.4, 0.5) is 0 Å². The van der Waals surface area contributed by atoms with Crippen LogP contribution in [0.3, 0.4) is 0 Å². The maximum atomic E-state index is 9.94. The Morgan fingerprint density at radius 2 is 2.43 bits per heavy atom. The third-order valence-corrected chi connectivity index (χ3v) is 2.94. The third kappa shape index (κ3) is 1.58. The molecular formula is C10H8N2OS. The minimum atomic E-state index is 0.399. The lowest BCUT2D eigenvalue weighted by Gasteiger charge is -1.94. The summed E-state index contributed by atoms with van der Waals surface area (Å²) in [5, 5.41) is 1.17. The Morgan fingerprint density at radius 3 is 3.21 bits per heavy atom. The Hall–Kier alpha value is -1.51. The molecule has 0 amide bonds. The molecule has 4 heteroatoms. The van der Waals surface area contributed by atoms with E-state index in [1.165, 1.54) is 23.0 Å². The monoisotopic (exact) mass is 204 g/mol. The molecule has 0 aliphatic rings. The molecule has 70 valence electrons. The summed E-state index contributed by atoms with van der Waals surface area (Å²) in [6.45, 7) is 2.39. The average molecular weight is 204 g/mol. The van der Waals surface area contributed by atoms with Crippen molar-refractivity contribution in [2.75, 3.05) is 0 Å². The summed E-state index contributed by atoms with van der Waals surface area (Å²) in [5.41, 5.74) is 2.07. The molecule has 0 aliphatic heterocycles. The second kappa shape index (κ2) is 3.70. The number of fused-ring (bicyclic) bond motifs is 1. The molecule has 1 heterocycles. The first-order valence-electron chi connectivity index (χ1n) is 4.20. The van der Waals surface area contributed by atoms with Gasteiger partial charge in [-0.1, -0.05) is 12.1 Å². The van der Waals surface area contributed by atoms with E-state index in [4.69, 9.17) is 0 Å². The standard InChI is InChI=1S/C10H8N2OS/c1-7-9-3-2-8(5-11-6-13)4-10(9)14-12-7/h2-4H,5H2,1H3. The van der Waals surface area contributed by atoms with Crippen LogP contribution in [0, 0.1) is 6.92 Å². The van der Waals surface area contributed by atoms with E-state index in [1.54, 1.807) is 0 Å². The minimum absolute atomic E-state index is 0.399. The molecule has 1 aromatic carbocycles. The van der Waals surface area contributed by atoms with Crippen LogP contribution in [-0.4, -0.2) is 10.5 Å². The number of aryl methyl sites for hydroxylation is 1. The second-order valence-corrected chi connectivity index (χ2v) is 3.81. The average Bonchev–Trinajstić information content (AvgIpc) is 2.57. The lowest BCUT2D eigenvalue weighted by atomic mass is 10.1. The molecule has 1 aromatic heterocycles. The molecule has 0 saturated carbocycles. The van der Waals surface area contributed by atoms with Gasteiger partial charge in [-0.2, -0.15) is 4.37 Å². The molecule has 0 bridgehead atoms. The van der Waals surface area contributed by atoms with Crippen LogP contribution < -0.4 is 0 Å². The van der Waals surface area contributed by atoms with Gasteiger partial charge in [-0.25, -0.2) is 9.79 Å². The van der Waals surface area contributed by atoms with E-state index >= 15 is 0 Å². The van der Waals surface area contributed by atoms with Gasteiger partial charge in [0.2, 0.25) is 6.08 Å². The topological polar surface area (TPSA) is 42.3 Å². The zero-order valence-electron chi connectivity index (χ0n) is 7.65. The van der Waals surface area contributed by atoms with Gasteiger partial charge in [0.25, 0.3) is 0 Å². The van der Waals surface area contributed by atoms with Gasteiger partial charge in [-0.3, -0.25) is 0 Å². The Bertz CT molecular complexity index is 512. The van der Waals surface area contributed by atoms with Crippen molar-refractivity contribution >= 4 is 27.7 Å². The van der Waals surface area contributed by atoms with Crippen LogP contribution in [0.2, 0.25) is 0 Å². The molecule has 0 spiro atoms. The van der Waals surface area contributed by atoms with Gasteiger partial charge in [-0.15, -0.1) is 0 Å². The highest BCUT2D eigenvalue weighted by Gasteiger charge is 2.01. The minimum Gasteiger partial charge on any atom is -0.211 e. The van der Waals surface area contributed by atoms with Gasteiger partial charge in [0, 0.05) is 5.39 Å². The van der Waals surface area contributed by atoms with Crippen molar-refractivity contribution in [3.8, 4) is 0 Å². The number of aliphatic imine (C=N–C) groups is 1. The Balaban J connectivity index is 2.46. The summed E-state index contributed by atoms with van der Waals surface area (Å²) < 4.78 is 5.39. The van der Waals surface area contributed by atoms with Gasteiger partial charge >= 0.3 is 0 Å². The number of aromatic nitrogens is 1. The number of carbonyl (C=O) groups excluding carboxylic acids is 1. The maximum Gasteiger partial charge on any atom is 0.235 e. The fourth-order valence-electron chi connectivity index (χ4n) is 1.33. The molecule has 0 unspecified atom stereocenters. The van der Waals surface area contributed by atoms with Gasteiger partial charge in [-0.05, 0) is 30.1 Å². The third-order valence-electron chi connectivity index (χ3n) is 2.04. The molecule has 0 aliphatic carbocycles. The summed E-state index contributed by atoms with van der Waals surface area (Å²) >= 11 is 1.47. The van der Waals surface area contributed by atoms with Crippen molar-refractivity contribution in [3.63, 3.8) is 0 Å². The predicted octanol–water partition coefficient (Wildman–Crippen LogP) is 2.44. The molecule has 0 N–H and O–H groups in total. The second-order valence-electron chi connectivity index (χ2n) is 3.01. The van der Waals surface area contributed by atoms with Crippen molar-refractivity contribution in [2.24, 2.45) is 4.99 Å². The zero-order chi connectivity index (χ0) is 9.97. The quantitative estimate of drug-likeness (QED) is 0.557. The highest BCUT2D eigenvalue weighted by Crippen LogP contribution is 2.23. The summed E-state index contributed by atoms with van der Waals surface area (Å²) in [5.74, 6) is 0. The van der Waals surface area contributed by atoms with E-state index in [0.29, 0.717) is 6.54 Å². The molecule has 0 fully saturated rings. The Morgan fingerprint density at radius 1 is 1.57 bits per heavy atom. The molecule has 0 saturated heterocycles. The van der Waals surface area contributed by atoms with Crippen molar-refractivity contribution in [3.05, 3.63) is 29.5 Å². The first kappa shape index (κ1) is 9.06. The Kier molecular flexibility index (Phi) is 2.39. The van der Waals surface area contributed by atoms with E-state index < -0.39 is 0 Å². The fraction of sp³-hybridized carbons (Fsp3) is 0.200. The van der Waals surface area contributed by atoms with E-state index in [-0.39, 0.29) is 0 Å².